The van der Waals surface area contributed by atoms with Crippen molar-refractivity contribution in [3.05, 3.63) is 107 Å². The number of hydrogen-bond acceptors (Lipinski definition) is 7. The third kappa shape index (κ3) is 6.03. The molecular weight excluding hydrogens is 532 g/mol. The number of nitriles is 1. The number of imidazole rings is 1. The lowest BCUT2D eigenvalue weighted by molar-refractivity contribution is 0.0691. The molecule has 0 saturated carbocycles. The van der Waals surface area contributed by atoms with E-state index >= 15 is 4.39 Å². The molecule has 0 amide bonds. The summed E-state index contributed by atoms with van der Waals surface area (Å²) < 4.78 is 42.1. The Morgan fingerprint density at radius 2 is 1.80 bits per heavy atom. The van der Waals surface area contributed by atoms with E-state index in [0.29, 0.717) is 47.0 Å². The molecule has 2 aromatic carbocycles. The molecule has 0 spiro atoms. The quantitative estimate of drug-likeness (QED) is 0.251. The van der Waals surface area contributed by atoms with E-state index in [4.69, 9.17) is 14.7 Å². The van der Waals surface area contributed by atoms with Crippen LogP contribution < -0.4 is 4.74 Å². The van der Waals surface area contributed by atoms with Gasteiger partial charge in [-0.2, -0.15) is 5.26 Å². The SMILES string of the molecule is COCCn1c(Cc2ccc(-c3cccc(OCc4ccc(C#N)cc4F)n3)cc2F)nc2ccc(C(=O)O)nc21. The molecule has 3 aromatic heterocycles. The van der Waals surface area contributed by atoms with Crippen molar-refractivity contribution in [2.24, 2.45) is 0 Å². The molecule has 0 atom stereocenters. The molecule has 3 heterocycles. The smallest absolute Gasteiger partial charge is 0.354 e. The summed E-state index contributed by atoms with van der Waals surface area (Å²) >= 11 is 0. The van der Waals surface area contributed by atoms with Crippen LogP contribution in [0.15, 0.2) is 66.7 Å². The zero-order valence-corrected chi connectivity index (χ0v) is 21.8. The first-order chi connectivity index (χ1) is 19.9. The van der Waals surface area contributed by atoms with Gasteiger partial charge in [-0.3, -0.25) is 0 Å². The van der Waals surface area contributed by atoms with E-state index in [1.807, 2.05) is 6.07 Å². The molecule has 5 rings (SSSR count). The molecule has 0 unspecified atom stereocenters. The molecule has 0 bridgehead atoms. The highest BCUT2D eigenvalue weighted by Crippen LogP contribution is 2.25. The lowest BCUT2D eigenvalue weighted by atomic mass is 10.1. The van der Waals surface area contributed by atoms with Crippen molar-refractivity contribution in [2.75, 3.05) is 13.7 Å². The number of benzene rings is 2. The number of fused-ring (bicyclic) bond motifs is 1. The van der Waals surface area contributed by atoms with Crippen LogP contribution in [0.1, 0.15) is 33.0 Å². The summed E-state index contributed by atoms with van der Waals surface area (Å²) in [4.78, 5) is 24.6. The van der Waals surface area contributed by atoms with Crippen molar-refractivity contribution in [2.45, 2.75) is 19.6 Å². The number of carbonyl (C=O) groups is 1. The standard InChI is InChI=1S/C30H23F2N5O4/c1-40-12-11-37-27(34-25-9-10-26(30(38)39)36-29(25)37)15-19-7-8-20(14-23(19)32)24-3-2-4-28(35-24)41-17-21-6-5-18(16-33)13-22(21)31/h2-10,13-14H,11-12,15,17H2,1H3,(H,38,39). The molecule has 41 heavy (non-hydrogen) atoms. The van der Waals surface area contributed by atoms with Gasteiger partial charge in [0.25, 0.3) is 0 Å². The summed E-state index contributed by atoms with van der Waals surface area (Å²) in [6, 6.07) is 18.7. The lowest BCUT2D eigenvalue weighted by Gasteiger charge is -2.11. The number of aromatic nitrogens is 4. The van der Waals surface area contributed by atoms with E-state index in [2.05, 4.69) is 15.0 Å². The second-order valence-corrected chi connectivity index (χ2v) is 9.07. The largest absolute Gasteiger partial charge is 0.477 e. The Kier molecular flexibility index (Phi) is 7.94. The maximum atomic E-state index is 15.3. The van der Waals surface area contributed by atoms with Crippen LogP contribution in [0.25, 0.3) is 22.4 Å². The molecule has 9 nitrogen and oxygen atoms in total. The molecule has 0 saturated heterocycles. The van der Waals surface area contributed by atoms with Gasteiger partial charge in [-0.1, -0.05) is 24.3 Å². The minimum absolute atomic E-state index is 0.0891. The van der Waals surface area contributed by atoms with E-state index in [1.54, 1.807) is 48.1 Å². The van der Waals surface area contributed by atoms with E-state index in [1.165, 1.54) is 24.3 Å². The summed E-state index contributed by atoms with van der Waals surface area (Å²) in [6.07, 6.45) is 0.140. The highest BCUT2D eigenvalue weighted by Gasteiger charge is 2.17. The molecular formula is C30H23F2N5O4. The van der Waals surface area contributed by atoms with Gasteiger partial charge in [0.15, 0.2) is 11.3 Å². The second-order valence-electron chi connectivity index (χ2n) is 9.07. The second kappa shape index (κ2) is 11.9. The Morgan fingerprint density at radius 1 is 1.00 bits per heavy atom. The molecule has 5 aromatic rings. The van der Waals surface area contributed by atoms with Crippen molar-refractivity contribution >= 4 is 17.1 Å². The predicted molar refractivity (Wildman–Crippen MR) is 144 cm³/mol. The van der Waals surface area contributed by atoms with Crippen molar-refractivity contribution in [3.63, 3.8) is 0 Å². The van der Waals surface area contributed by atoms with Gasteiger partial charge in [-0.05, 0) is 42.0 Å². The molecule has 1 N–H and O–H groups in total. The Balaban J connectivity index is 1.36. The topological polar surface area (TPSA) is 123 Å². The number of carboxylic acids is 1. The summed E-state index contributed by atoms with van der Waals surface area (Å²) in [6.45, 7) is 0.607. The van der Waals surface area contributed by atoms with Crippen LogP contribution in [0.4, 0.5) is 8.78 Å². The molecule has 0 radical (unpaired) electrons. The zero-order chi connectivity index (χ0) is 28.9. The number of ether oxygens (including phenoxy) is 2. The fraction of sp³-hybridized carbons (Fsp3) is 0.167. The molecule has 0 fully saturated rings. The van der Waals surface area contributed by atoms with Gasteiger partial charge in [-0.15, -0.1) is 0 Å². The third-order valence-corrected chi connectivity index (χ3v) is 6.39. The van der Waals surface area contributed by atoms with Crippen LogP contribution in [-0.2, 0) is 24.3 Å². The molecule has 0 aliphatic carbocycles. The Bertz CT molecular complexity index is 1800. The van der Waals surface area contributed by atoms with Crippen LogP contribution in [-0.4, -0.2) is 44.3 Å². The average Bonchev–Trinajstić information content (AvgIpc) is 3.32. The highest BCUT2D eigenvalue weighted by molar-refractivity contribution is 5.88. The summed E-state index contributed by atoms with van der Waals surface area (Å²) in [5, 5.41) is 18.2. The van der Waals surface area contributed by atoms with E-state index in [9.17, 15) is 14.3 Å². The summed E-state index contributed by atoms with van der Waals surface area (Å²) in [5.74, 6) is -1.43. The first kappa shape index (κ1) is 27.4. The lowest BCUT2D eigenvalue weighted by Crippen LogP contribution is -2.11. The minimum atomic E-state index is -1.15. The molecule has 0 aliphatic heterocycles. The first-order valence-corrected chi connectivity index (χ1v) is 12.5. The number of pyridine rings is 2. The van der Waals surface area contributed by atoms with Crippen molar-refractivity contribution in [1.82, 2.24) is 19.5 Å². The maximum Gasteiger partial charge on any atom is 0.354 e. The van der Waals surface area contributed by atoms with Crippen LogP contribution in [0.2, 0.25) is 0 Å². The van der Waals surface area contributed by atoms with Gasteiger partial charge in [0, 0.05) is 37.3 Å². The van der Waals surface area contributed by atoms with Crippen LogP contribution in [0.3, 0.4) is 0 Å². The van der Waals surface area contributed by atoms with Crippen LogP contribution in [0, 0.1) is 23.0 Å². The van der Waals surface area contributed by atoms with E-state index in [0.717, 1.165) is 6.07 Å². The number of methoxy groups -OCH3 is 1. The average molecular weight is 556 g/mol. The number of nitrogens with zero attached hydrogens (tertiary/aromatic N) is 5. The van der Waals surface area contributed by atoms with Crippen molar-refractivity contribution in [1.29, 1.82) is 5.26 Å². The fourth-order valence-corrected chi connectivity index (χ4v) is 4.28. The van der Waals surface area contributed by atoms with Gasteiger partial charge in [0.05, 0.1) is 23.9 Å². The van der Waals surface area contributed by atoms with Gasteiger partial charge in [0.2, 0.25) is 5.88 Å². The monoisotopic (exact) mass is 555 g/mol. The van der Waals surface area contributed by atoms with Gasteiger partial charge < -0.3 is 19.1 Å². The minimum Gasteiger partial charge on any atom is -0.477 e. The highest BCUT2D eigenvalue weighted by atomic mass is 19.1. The Morgan fingerprint density at radius 3 is 2.54 bits per heavy atom. The first-order valence-electron chi connectivity index (χ1n) is 12.5. The maximum absolute atomic E-state index is 15.3. The van der Waals surface area contributed by atoms with E-state index < -0.39 is 17.6 Å². The zero-order valence-electron chi connectivity index (χ0n) is 21.8. The Hall–Kier alpha value is -5.21. The van der Waals surface area contributed by atoms with Crippen LogP contribution in [0.5, 0.6) is 5.88 Å². The van der Waals surface area contributed by atoms with Crippen LogP contribution >= 0.6 is 0 Å². The number of halogens is 2. The summed E-state index contributed by atoms with van der Waals surface area (Å²) in [7, 11) is 1.55. The number of aromatic carboxylic acids is 1. The number of rotatable bonds is 10. The van der Waals surface area contributed by atoms with Crippen molar-refractivity contribution in [3.8, 4) is 23.2 Å². The van der Waals surface area contributed by atoms with Gasteiger partial charge >= 0.3 is 5.97 Å². The molecule has 11 heteroatoms. The molecule has 206 valence electrons. The van der Waals surface area contributed by atoms with Gasteiger partial charge in [-0.25, -0.2) is 28.5 Å². The number of hydrogen-bond donors (Lipinski definition) is 1. The Labute approximate surface area is 233 Å². The normalized spacial score (nSPS) is 11.0. The fourth-order valence-electron chi connectivity index (χ4n) is 4.28. The predicted octanol–water partition coefficient (Wildman–Crippen LogP) is 5.16. The van der Waals surface area contributed by atoms with Crippen molar-refractivity contribution < 1.29 is 28.2 Å². The van der Waals surface area contributed by atoms with E-state index in [-0.39, 0.29) is 35.7 Å². The molecule has 0 aliphatic rings. The summed E-state index contributed by atoms with van der Waals surface area (Å²) in [5.41, 5.74) is 2.62. The van der Waals surface area contributed by atoms with Gasteiger partial charge in [0.1, 0.15) is 29.6 Å². The third-order valence-electron chi connectivity index (χ3n) is 6.39. The number of carboxylic acid groups (broad SMARTS) is 1.